The number of ether oxygens (including phenoxy) is 2. The van der Waals surface area contributed by atoms with Crippen LogP contribution >= 0.6 is 0 Å². The van der Waals surface area contributed by atoms with Crippen molar-refractivity contribution in [3.63, 3.8) is 0 Å². The highest BCUT2D eigenvalue weighted by atomic mass is 16.5. The molecule has 0 aromatic carbocycles. The van der Waals surface area contributed by atoms with E-state index in [9.17, 15) is 4.79 Å². The Kier molecular flexibility index (Phi) is 6.45. The fourth-order valence-corrected chi connectivity index (χ4v) is 1.57. The van der Waals surface area contributed by atoms with Crippen LogP contribution in [-0.2, 0) is 9.53 Å². The predicted molar refractivity (Wildman–Crippen MR) is 79.0 cm³/mol. The molecule has 112 valence electrons. The van der Waals surface area contributed by atoms with E-state index in [-0.39, 0.29) is 5.91 Å². The second kappa shape index (κ2) is 7.85. The van der Waals surface area contributed by atoms with Crippen LogP contribution in [0.5, 0.6) is 5.88 Å². The number of hydrogen-bond acceptors (Lipinski definition) is 4. The summed E-state index contributed by atoms with van der Waals surface area (Å²) in [6.45, 7) is 8.59. The first-order chi connectivity index (χ1) is 9.49. The summed E-state index contributed by atoms with van der Waals surface area (Å²) in [5.74, 6) is 0.376. The molecule has 1 N–H and O–H groups in total. The number of rotatable bonds is 8. The number of pyridine rings is 1. The SMILES string of the molecule is CCCCOc1ccc(NC(=O)C(C)(C)OCC)cn1. The molecule has 1 aromatic rings. The molecule has 0 radical (unpaired) electrons. The lowest BCUT2D eigenvalue weighted by molar-refractivity contribution is -0.136. The summed E-state index contributed by atoms with van der Waals surface area (Å²) in [6, 6.07) is 3.52. The Hall–Kier alpha value is -1.62. The van der Waals surface area contributed by atoms with Gasteiger partial charge in [-0.05, 0) is 33.3 Å². The van der Waals surface area contributed by atoms with Gasteiger partial charge in [0.25, 0.3) is 5.91 Å². The molecule has 0 unspecified atom stereocenters. The molecule has 5 nitrogen and oxygen atoms in total. The Bertz CT molecular complexity index is 416. The summed E-state index contributed by atoms with van der Waals surface area (Å²) in [5, 5.41) is 2.78. The van der Waals surface area contributed by atoms with Crippen LogP contribution in [0, 0.1) is 0 Å². The first-order valence-corrected chi connectivity index (χ1v) is 7.04. The van der Waals surface area contributed by atoms with Crippen LogP contribution in [0.1, 0.15) is 40.5 Å². The lowest BCUT2D eigenvalue weighted by Gasteiger charge is -2.23. The van der Waals surface area contributed by atoms with Crippen LogP contribution in [0.4, 0.5) is 5.69 Å². The lowest BCUT2D eigenvalue weighted by Crippen LogP contribution is -2.39. The van der Waals surface area contributed by atoms with Crippen LogP contribution in [0.15, 0.2) is 18.3 Å². The van der Waals surface area contributed by atoms with E-state index in [4.69, 9.17) is 9.47 Å². The first kappa shape index (κ1) is 16.4. The molecule has 0 bridgehead atoms. The highest BCUT2D eigenvalue weighted by Crippen LogP contribution is 2.16. The Balaban J connectivity index is 2.54. The van der Waals surface area contributed by atoms with Gasteiger partial charge in [0.1, 0.15) is 5.60 Å². The molecular weight excluding hydrogens is 256 g/mol. The number of hydrogen-bond donors (Lipinski definition) is 1. The van der Waals surface area contributed by atoms with Gasteiger partial charge in [-0.25, -0.2) is 4.98 Å². The summed E-state index contributed by atoms with van der Waals surface area (Å²) >= 11 is 0. The van der Waals surface area contributed by atoms with Crippen LogP contribution in [0.25, 0.3) is 0 Å². The van der Waals surface area contributed by atoms with Crippen molar-refractivity contribution in [3.8, 4) is 5.88 Å². The van der Waals surface area contributed by atoms with Gasteiger partial charge in [0.2, 0.25) is 5.88 Å². The normalized spacial score (nSPS) is 11.2. The minimum atomic E-state index is -0.856. The average molecular weight is 280 g/mol. The Morgan fingerprint density at radius 3 is 2.65 bits per heavy atom. The molecule has 0 saturated carbocycles. The van der Waals surface area contributed by atoms with Gasteiger partial charge in [-0.2, -0.15) is 0 Å². The lowest BCUT2D eigenvalue weighted by atomic mass is 10.1. The summed E-state index contributed by atoms with van der Waals surface area (Å²) in [5.41, 5.74) is -0.226. The fourth-order valence-electron chi connectivity index (χ4n) is 1.57. The quantitative estimate of drug-likeness (QED) is 0.744. The average Bonchev–Trinajstić information content (AvgIpc) is 2.41. The van der Waals surface area contributed by atoms with Crippen LogP contribution < -0.4 is 10.1 Å². The summed E-state index contributed by atoms with van der Waals surface area (Å²) < 4.78 is 10.9. The molecule has 0 saturated heterocycles. The van der Waals surface area contributed by atoms with E-state index in [0.717, 1.165) is 12.8 Å². The van der Waals surface area contributed by atoms with Crippen LogP contribution in [0.2, 0.25) is 0 Å². The van der Waals surface area contributed by atoms with Crippen molar-refractivity contribution in [1.29, 1.82) is 0 Å². The number of aromatic nitrogens is 1. The maximum atomic E-state index is 12.0. The molecule has 1 heterocycles. The van der Waals surface area contributed by atoms with Crippen LogP contribution in [-0.4, -0.2) is 29.7 Å². The molecule has 0 fully saturated rings. The van der Waals surface area contributed by atoms with E-state index >= 15 is 0 Å². The molecule has 0 spiro atoms. The molecule has 0 aliphatic carbocycles. The summed E-state index contributed by atoms with van der Waals surface area (Å²) in [6.07, 6.45) is 3.67. The molecule has 0 atom stereocenters. The first-order valence-electron chi connectivity index (χ1n) is 7.04. The molecule has 5 heteroatoms. The number of anilines is 1. The predicted octanol–water partition coefficient (Wildman–Crippen LogP) is 3.01. The molecular formula is C15H24N2O3. The molecule has 1 aromatic heterocycles. The number of unbranched alkanes of at least 4 members (excludes halogenated alkanes) is 1. The van der Waals surface area contributed by atoms with Gasteiger partial charge in [0, 0.05) is 12.7 Å². The van der Waals surface area contributed by atoms with Gasteiger partial charge in [-0.3, -0.25) is 4.79 Å². The van der Waals surface area contributed by atoms with E-state index in [0.29, 0.717) is 24.8 Å². The Morgan fingerprint density at radius 1 is 1.35 bits per heavy atom. The summed E-state index contributed by atoms with van der Waals surface area (Å²) in [4.78, 5) is 16.2. The van der Waals surface area contributed by atoms with Gasteiger partial charge >= 0.3 is 0 Å². The summed E-state index contributed by atoms with van der Waals surface area (Å²) in [7, 11) is 0. The number of nitrogens with one attached hydrogen (secondary N) is 1. The number of carbonyl (C=O) groups is 1. The largest absolute Gasteiger partial charge is 0.478 e. The van der Waals surface area contributed by atoms with Crippen molar-refractivity contribution in [2.75, 3.05) is 18.5 Å². The standard InChI is InChI=1S/C15H24N2O3/c1-5-7-10-19-13-9-8-12(11-16-13)17-14(18)15(3,4)20-6-2/h8-9,11H,5-7,10H2,1-4H3,(H,17,18). The Labute approximate surface area is 120 Å². The van der Waals surface area contributed by atoms with Crippen molar-refractivity contribution >= 4 is 11.6 Å². The molecule has 20 heavy (non-hydrogen) atoms. The van der Waals surface area contributed by atoms with E-state index in [2.05, 4.69) is 17.2 Å². The second-order valence-electron chi connectivity index (χ2n) is 4.98. The monoisotopic (exact) mass is 280 g/mol. The molecule has 0 aliphatic rings. The third-order valence-electron chi connectivity index (χ3n) is 2.79. The molecule has 1 rings (SSSR count). The van der Waals surface area contributed by atoms with Crippen molar-refractivity contribution in [1.82, 2.24) is 4.98 Å². The van der Waals surface area contributed by atoms with Gasteiger partial charge in [-0.1, -0.05) is 13.3 Å². The minimum absolute atomic E-state index is 0.194. The molecule has 0 aliphatic heterocycles. The minimum Gasteiger partial charge on any atom is -0.478 e. The Morgan fingerprint density at radius 2 is 2.10 bits per heavy atom. The van der Waals surface area contributed by atoms with Crippen molar-refractivity contribution < 1.29 is 14.3 Å². The van der Waals surface area contributed by atoms with E-state index in [1.54, 1.807) is 32.2 Å². The molecule has 1 amide bonds. The topological polar surface area (TPSA) is 60.5 Å². The van der Waals surface area contributed by atoms with Crippen LogP contribution in [0.3, 0.4) is 0 Å². The maximum Gasteiger partial charge on any atom is 0.256 e. The van der Waals surface area contributed by atoms with Crippen molar-refractivity contribution in [2.24, 2.45) is 0 Å². The zero-order chi connectivity index (χ0) is 15.0. The van der Waals surface area contributed by atoms with Crippen molar-refractivity contribution in [3.05, 3.63) is 18.3 Å². The maximum absolute atomic E-state index is 12.0. The number of amides is 1. The van der Waals surface area contributed by atoms with Gasteiger partial charge in [0.15, 0.2) is 0 Å². The highest BCUT2D eigenvalue weighted by Gasteiger charge is 2.27. The van der Waals surface area contributed by atoms with Gasteiger partial charge in [-0.15, -0.1) is 0 Å². The van der Waals surface area contributed by atoms with Gasteiger partial charge in [0.05, 0.1) is 18.5 Å². The third-order valence-corrected chi connectivity index (χ3v) is 2.79. The second-order valence-corrected chi connectivity index (χ2v) is 4.98. The fraction of sp³-hybridized carbons (Fsp3) is 0.600. The van der Waals surface area contributed by atoms with E-state index < -0.39 is 5.60 Å². The number of carbonyl (C=O) groups excluding carboxylic acids is 1. The van der Waals surface area contributed by atoms with E-state index in [1.165, 1.54) is 0 Å². The third kappa shape index (κ3) is 5.17. The zero-order valence-corrected chi connectivity index (χ0v) is 12.7. The van der Waals surface area contributed by atoms with Crippen molar-refractivity contribution in [2.45, 2.75) is 46.1 Å². The number of nitrogens with zero attached hydrogens (tertiary/aromatic N) is 1. The smallest absolute Gasteiger partial charge is 0.256 e. The van der Waals surface area contributed by atoms with E-state index in [1.807, 2.05) is 6.92 Å². The zero-order valence-electron chi connectivity index (χ0n) is 12.7. The highest BCUT2D eigenvalue weighted by molar-refractivity contribution is 5.96. The van der Waals surface area contributed by atoms with Gasteiger partial charge < -0.3 is 14.8 Å².